The normalized spacial score (nSPS) is 16.3. The van der Waals surface area contributed by atoms with Crippen LogP contribution in [0.1, 0.15) is 18.4 Å². The smallest absolute Gasteiger partial charge is 0.324 e. The van der Waals surface area contributed by atoms with Gasteiger partial charge in [-0.25, -0.2) is 8.42 Å². The van der Waals surface area contributed by atoms with E-state index in [-0.39, 0.29) is 17.2 Å². The summed E-state index contributed by atoms with van der Waals surface area (Å²) in [4.78, 5) is 25.7. The van der Waals surface area contributed by atoms with Gasteiger partial charge >= 0.3 is 5.97 Å². The van der Waals surface area contributed by atoms with E-state index in [9.17, 15) is 18.0 Å². The lowest BCUT2D eigenvalue weighted by molar-refractivity contribution is -0.150. The Hall–Kier alpha value is -2.87. The maximum absolute atomic E-state index is 13.0. The summed E-state index contributed by atoms with van der Waals surface area (Å²) in [6, 6.07) is 14.5. The first-order valence-corrected chi connectivity index (χ1v) is 12.4. The summed E-state index contributed by atoms with van der Waals surface area (Å²) in [5.74, 6) is -1.07. The number of aryl methyl sites for hydroxylation is 1. The van der Waals surface area contributed by atoms with Crippen LogP contribution in [0.2, 0.25) is 0 Å². The number of carbonyl (C=O) groups excluding carboxylic acids is 2. The van der Waals surface area contributed by atoms with Crippen molar-refractivity contribution in [2.75, 3.05) is 24.2 Å². The molecular formula is C22H23N3O5S2. The molecule has 1 N–H and O–H groups in total. The van der Waals surface area contributed by atoms with E-state index in [1.54, 1.807) is 36.4 Å². The molecule has 1 aliphatic heterocycles. The molecule has 0 spiro atoms. The van der Waals surface area contributed by atoms with Crippen molar-refractivity contribution in [3.8, 4) is 6.07 Å². The third kappa shape index (κ3) is 5.68. The quantitative estimate of drug-likeness (QED) is 0.463. The molecule has 0 saturated carbocycles. The van der Waals surface area contributed by atoms with Crippen molar-refractivity contribution < 1.29 is 22.7 Å². The summed E-state index contributed by atoms with van der Waals surface area (Å²) in [6.45, 7) is 1.54. The van der Waals surface area contributed by atoms with Gasteiger partial charge in [-0.05, 0) is 44.0 Å². The number of esters is 1. The number of amides is 1. The van der Waals surface area contributed by atoms with Gasteiger partial charge in [0.05, 0.1) is 22.4 Å². The first-order valence-electron chi connectivity index (χ1n) is 9.96. The molecule has 2 aromatic rings. The molecule has 0 aromatic heterocycles. The molecule has 1 unspecified atom stereocenters. The number of thioether (sulfide) groups is 1. The van der Waals surface area contributed by atoms with Gasteiger partial charge in [0.1, 0.15) is 6.04 Å². The van der Waals surface area contributed by atoms with Gasteiger partial charge in [-0.1, -0.05) is 29.8 Å². The number of hydrogen-bond donors (Lipinski definition) is 1. The molecule has 0 radical (unpaired) electrons. The molecule has 1 fully saturated rings. The van der Waals surface area contributed by atoms with Crippen molar-refractivity contribution in [1.82, 2.24) is 4.31 Å². The molecule has 10 heteroatoms. The zero-order chi connectivity index (χ0) is 23.1. The number of nitrogens with zero attached hydrogens (tertiary/aromatic N) is 2. The van der Waals surface area contributed by atoms with Crippen molar-refractivity contribution in [3.63, 3.8) is 0 Å². The maximum Gasteiger partial charge on any atom is 0.324 e. The molecule has 1 amide bonds. The Labute approximate surface area is 191 Å². The lowest BCUT2D eigenvalue weighted by Crippen LogP contribution is -2.42. The van der Waals surface area contributed by atoms with E-state index in [2.05, 4.69) is 5.32 Å². The highest BCUT2D eigenvalue weighted by atomic mass is 32.2. The predicted molar refractivity (Wildman–Crippen MR) is 120 cm³/mol. The number of hydrogen-bond acceptors (Lipinski definition) is 7. The van der Waals surface area contributed by atoms with Crippen LogP contribution in [0.5, 0.6) is 0 Å². The third-order valence-corrected chi connectivity index (χ3v) is 7.77. The van der Waals surface area contributed by atoms with E-state index in [0.717, 1.165) is 14.8 Å². The van der Waals surface area contributed by atoms with Crippen LogP contribution in [-0.2, 0) is 24.3 Å². The molecule has 3 rings (SSSR count). The number of ether oxygens (including phenoxy) is 1. The van der Waals surface area contributed by atoms with E-state index >= 15 is 0 Å². The number of para-hydroxylation sites is 1. The van der Waals surface area contributed by atoms with Crippen molar-refractivity contribution >= 4 is 39.3 Å². The van der Waals surface area contributed by atoms with Gasteiger partial charge in [-0.15, -0.1) is 11.8 Å². The fourth-order valence-corrected chi connectivity index (χ4v) is 5.65. The molecular weight excluding hydrogens is 450 g/mol. The summed E-state index contributed by atoms with van der Waals surface area (Å²) in [7, 11) is -3.85. The molecule has 1 atom stereocenters. The van der Waals surface area contributed by atoms with Gasteiger partial charge in [0.2, 0.25) is 10.0 Å². The van der Waals surface area contributed by atoms with Crippen LogP contribution < -0.4 is 5.32 Å². The molecule has 0 bridgehead atoms. The Bertz CT molecular complexity index is 1130. The zero-order valence-electron chi connectivity index (χ0n) is 17.5. The molecule has 168 valence electrons. The van der Waals surface area contributed by atoms with Gasteiger partial charge < -0.3 is 10.1 Å². The van der Waals surface area contributed by atoms with Crippen LogP contribution >= 0.6 is 11.8 Å². The lowest BCUT2D eigenvalue weighted by Gasteiger charge is -2.22. The number of rotatable bonds is 8. The van der Waals surface area contributed by atoms with Gasteiger partial charge in [0.15, 0.2) is 6.61 Å². The van der Waals surface area contributed by atoms with E-state index < -0.39 is 34.5 Å². The Morgan fingerprint density at radius 1 is 1.22 bits per heavy atom. The van der Waals surface area contributed by atoms with Gasteiger partial charge in [0.25, 0.3) is 5.91 Å². The van der Waals surface area contributed by atoms with E-state index in [4.69, 9.17) is 10.00 Å². The summed E-state index contributed by atoms with van der Waals surface area (Å²) in [5.41, 5.74) is 1.44. The topological polar surface area (TPSA) is 117 Å². The highest BCUT2D eigenvalue weighted by Gasteiger charge is 2.40. The van der Waals surface area contributed by atoms with Crippen LogP contribution in [0.25, 0.3) is 0 Å². The Kier molecular flexibility index (Phi) is 7.90. The minimum atomic E-state index is -3.85. The van der Waals surface area contributed by atoms with Crippen LogP contribution in [0.3, 0.4) is 0 Å². The van der Waals surface area contributed by atoms with Crippen molar-refractivity contribution in [3.05, 3.63) is 54.1 Å². The number of nitriles is 1. The minimum absolute atomic E-state index is 0.118. The fourth-order valence-electron chi connectivity index (χ4n) is 3.33. The Morgan fingerprint density at radius 3 is 2.66 bits per heavy atom. The number of anilines is 1. The number of sulfonamides is 1. The highest BCUT2D eigenvalue weighted by molar-refractivity contribution is 7.99. The summed E-state index contributed by atoms with van der Waals surface area (Å²) in [5, 5.41) is 11.4. The third-order valence-electron chi connectivity index (χ3n) is 4.90. The summed E-state index contributed by atoms with van der Waals surface area (Å²) >= 11 is 1.28. The second kappa shape index (κ2) is 10.6. The van der Waals surface area contributed by atoms with Crippen molar-refractivity contribution in [2.45, 2.75) is 35.6 Å². The predicted octanol–water partition coefficient (Wildman–Crippen LogP) is 2.95. The van der Waals surface area contributed by atoms with E-state index in [0.29, 0.717) is 18.5 Å². The number of benzene rings is 2. The molecule has 8 nitrogen and oxygen atoms in total. The van der Waals surface area contributed by atoms with Crippen LogP contribution in [0.15, 0.2) is 58.3 Å². The van der Waals surface area contributed by atoms with Crippen molar-refractivity contribution in [2.24, 2.45) is 0 Å². The first-order chi connectivity index (χ1) is 15.3. The Morgan fingerprint density at radius 2 is 1.94 bits per heavy atom. The second-order valence-electron chi connectivity index (χ2n) is 7.19. The Balaban J connectivity index is 1.61. The molecule has 1 saturated heterocycles. The molecule has 1 aliphatic rings. The van der Waals surface area contributed by atoms with Crippen molar-refractivity contribution in [1.29, 1.82) is 5.26 Å². The van der Waals surface area contributed by atoms with E-state index in [1.807, 2.05) is 13.0 Å². The highest BCUT2D eigenvalue weighted by Crippen LogP contribution is 2.28. The second-order valence-corrected chi connectivity index (χ2v) is 10.1. The van der Waals surface area contributed by atoms with Crippen LogP contribution in [0.4, 0.5) is 5.69 Å². The SMILES string of the molecule is Cc1ccc(S(=O)(=O)N2CCCC2C(=O)OCC(=O)Nc2ccccc2SCC#N)cc1. The summed E-state index contributed by atoms with van der Waals surface area (Å²) < 4.78 is 32.2. The molecule has 2 aromatic carbocycles. The fraction of sp³-hybridized carbons (Fsp3) is 0.318. The number of carbonyl (C=O) groups is 2. The minimum Gasteiger partial charge on any atom is -0.454 e. The largest absolute Gasteiger partial charge is 0.454 e. The number of nitrogens with one attached hydrogen (secondary N) is 1. The maximum atomic E-state index is 13.0. The lowest BCUT2D eigenvalue weighted by atomic mass is 10.2. The molecule has 1 heterocycles. The molecule has 0 aliphatic carbocycles. The average molecular weight is 474 g/mol. The summed E-state index contributed by atoms with van der Waals surface area (Å²) in [6.07, 6.45) is 0.861. The van der Waals surface area contributed by atoms with Gasteiger partial charge in [-0.3, -0.25) is 9.59 Å². The van der Waals surface area contributed by atoms with Crippen LogP contribution in [0, 0.1) is 18.3 Å². The zero-order valence-corrected chi connectivity index (χ0v) is 19.1. The van der Waals surface area contributed by atoms with Gasteiger partial charge in [0, 0.05) is 11.4 Å². The standard InChI is InChI=1S/C22H23N3O5S2/c1-16-8-10-17(11-9-16)32(28,29)25-13-4-6-19(25)22(27)30-15-21(26)24-18-5-2-3-7-20(18)31-14-12-23/h2-3,5,7-11,19H,4,6,13-15H2,1H3,(H,24,26). The first kappa shape index (κ1) is 23.8. The van der Waals surface area contributed by atoms with Crippen LogP contribution in [-0.4, -0.2) is 49.5 Å². The van der Waals surface area contributed by atoms with E-state index in [1.165, 1.54) is 23.9 Å². The molecule has 32 heavy (non-hydrogen) atoms. The average Bonchev–Trinajstić information content (AvgIpc) is 3.28. The van der Waals surface area contributed by atoms with Gasteiger partial charge in [-0.2, -0.15) is 9.57 Å². The monoisotopic (exact) mass is 473 g/mol.